The summed E-state index contributed by atoms with van der Waals surface area (Å²) in [6, 6.07) is 11.9. The molecule has 0 unspecified atom stereocenters. The van der Waals surface area contributed by atoms with E-state index < -0.39 is 0 Å². The number of hydrogen-bond acceptors (Lipinski definition) is 5. The normalized spacial score (nSPS) is 10.8. The zero-order chi connectivity index (χ0) is 14.7. The van der Waals surface area contributed by atoms with Gasteiger partial charge in [0.05, 0.1) is 0 Å². The molecule has 106 valence electrons. The number of nitrogens with one attached hydrogen (secondary N) is 1. The smallest absolute Gasteiger partial charge is 0.181 e. The van der Waals surface area contributed by atoms with Crippen molar-refractivity contribution < 1.29 is 0 Å². The van der Waals surface area contributed by atoms with E-state index in [4.69, 9.17) is 5.84 Å². The lowest BCUT2D eigenvalue weighted by Crippen LogP contribution is -2.11. The topological polar surface area (TPSA) is 76.7 Å². The van der Waals surface area contributed by atoms with Gasteiger partial charge in [0.2, 0.25) is 0 Å². The number of nitrogen functional groups attached to an aromatic ring is 1. The molecule has 21 heavy (non-hydrogen) atoms. The molecule has 0 bridgehead atoms. The Bertz CT molecular complexity index is 764. The van der Waals surface area contributed by atoms with Crippen LogP contribution in [-0.2, 0) is 6.42 Å². The molecule has 3 rings (SSSR count). The van der Waals surface area contributed by atoms with Crippen LogP contribution < -0.4 is 11.3 Å². The van der Waals surface area contributed by atoms with Gasteiger partial charge in [-0.3, -0.25) is 4.98 Å². The molecule has 2 heterocycles. The van der Waals surface area contributed by atoms with Crippen LogP contribution in [0.4, 0.5) is 5.82 Å². The summed E-state index contributed by atoms with van der Waals surface area (Å²) >= 11 is 0. The predicted molar refractivity (Wildman–Crippen MR) is 84.6 cm³/mol. The number of nitrogens with two attached hydrogens (primary N) is 1. The highest BCUT2D eigenvalue weighted by Gasteiger charge is 2.10. The number of aryl methyl sites for hydroxylation is 1. The minimum absolute atomic E-state index is 0.602. The molecule has 0 aliphatic rings. The second kappa shape index (κ2) is 5.85. The first kappa shape index (κ1) is 13.5. The van der Waals surface area contributed by atoms with Gasteiger partial charge in [0.25, 0.3) is 0 Å². The molecule has 0 aliphatic heterocycles. The van der Waals surface area contributed by atoms with E-state index in [1.54, 1.807) is 6.20 Å². The molecule has 0 amide bonds. The fourth-order valence-corrected chi connectivity index (χ4v) is 2.36. The van der Waals surface area contributed by atoms with Crippen LogP contribution in [0.1, 0.15) is 19.0 Å². The number of rotatable bonds is 4. The van der Waals surface area contributed by atoms with Crippen molar-refractivity contribution in [2.24, 2.45) is 5.84 Å². The maximum absolute atomic E-state index is 5.51. The van der Waals surface area contributed by atoms with E-state index in [9.17, 15) is 0 Å². The molecule has 0 saturated carbocycles. The Kier molecular flexibility index (Phi) is 3.75. The van der Waals surface area contributed by atoms with Crippen LogP contribution in [0.2, 0.25) is 0 Å². The largest absolute Gasteiger partial charge is 0.308 e. The van der Waals surface area contributed by atoms with Crippen molar-refractivity contribution in [1.82, 2.24) is 15.0 Å². The minimum Gasteiger partial charge on any atom is -0.308 e. The molecule has 0 spiro atoms. The Balaban J connectivity index is 2.20. The number of pyridine rings is 1. The van der Waals surface area contributed by atoms with Gasteiger partial charge in [-0.1, -0.05) is 37.6 Å². The van der Waals surface area contributed by atoms with Gasteiger partial charge in [-0.2, -0.15) is 0 Å². The predicted octanol–water partition coefficient (Wildman–Crippen LogP) is 2.93. The molecule has 0 aliphatic carbocycles. The van der Waals surface area contributed by atoms with Gasteiger partial charge in [0.15, 0.2) is 5.82 Å². The van der Waals surface area contributed by atoms with Crippen LogP contribution in [0.15, 0.2) is 42.6 Å². The number of benzene rings is 1. The molecule has 1 aromatic carbocycles. The Morgan fingerprint density at radius 1 is 1.14 bits per heavy atom. The molecule has 5 heteroatoms. The lowest BCUT2D eigenvalue weighted by molar-refractivity contribution is 0.874. The molecular weight excluding hydrogens is 262 g/mol. The minimum atomic E-state index is 0.602. The fourth-order valence-electron chi connectivity index (χ4n) is 2.36. The highest BCUT2D eigenvalue weighted by Crippen LogP contribution is 2.25. The highest BCUT2D eigenvalue weighted by molar-refractivity contribution is 5.92. The van der Waals surface area contributed by atoms with Crippen molar-refractivity contribution in [3.8, 4) is 11.5 Å². The van der Waals surface area contributed by atoms with Crippen molar-refractivity contribution >= 4 is 16.6 Å². The monoisotopic (exact) mass is 279 g/mol. The second-order valence-corrected chi connectivity index (χ2v) is 4.84. The molecule has 3 N–H and O–H groups in total. The Labute approximate surface area is 123 Å². The number of nitrogens with zero attached hydrogens (tertiary/aromatic N) is 3. The van der Waals surface area contributed by atoms with E-state index in [-0.39, 0.29) is 0 Å². The first-order valence-corrected chi connectivity index (χ1v) is 7.00. The third-order valence-corrected chi connectivity index (χ3v) is 3.32. The van der Waals surface area contributed by atoms with Crippen LogP contribution in [0.25, 0.3) is 22.3 Å². The Morgan fingerprint density at radius 3 is 2.81 bits per heavy atom. The van der Waals surface area contributed by atoms with Crippen molar-refractivity contribution in [3.05, 3.63) is 48.3 Å². The van der Waals surface area contributed by atoms with Gasteiger partial charge in [-0.25, -0.2) is 15.8 Å². The Hall–Kier alpha value is -2.53. The van der Waals surface area contributed by atoms with Crippen LogP contribution in [0.5, 0.6) is 0 Å². The van der Waals surface area contributed by atoms with Gasteiger partial charge < -0.3 is 5.43 Å². The van der Waals surface area contributed by atoms with Crippen LogP contribution >= 0.6 is 0 Å². The Morgan fingerprint density at radius 2 is 2.00 bits per heavy atom. The average Bonchev–Trinajstić information content (AvgIpc) is 2.54. The third kappa shape index (κ3) is 2.68. The lowest BCUT2D eigenvalue weighted by atomic mass is 10.1. The second-order valence-electron chi connectivity index (χ2n) is 4.84. The number of fused-ring (bicyclic) bond motifs is 1. The van der Waals surface area contributed by atoms with Crippen molar-refractivity contribution in [1.29, 1.82) is 0 Å². The van der Waals surface area contributed by atoms with Gasteiger partial charge >= 0.3 is 0 Å². The molecule has 5 nitrogen and oxygen atoms in total. The summed E-state index contributed by atoms with van der Waals surface area (Å²) in [7, 11) is 0. The quantitative estimate of drug-likeness (QED) is 0.567. The van der Waals surface area contributed by atoms with Gasteiger partial charge in [0, 0.05) is 23.3 Å². The third-order valence-electron chi connectivity index (χ3n) is 3.32. The van der Waals surface area contributed by atoms with Gasteiger partial charge in [0.1, 0.15) is 11.5 Å². The van der Waals surface area contributed by atoms with Crippen LogP contribution in [0.3, 0.4) is 0 Å². The highest BCUT2D eigenvalue weighted by atomic mass is 15.3. The van der Waals surface area contributed by atoms with E-state index in [0.717, 1.165) is 35.0 Å². The molecule has 3 aromatic rings. The summed E-state index contributed by atoms with van der Waals surface area (Å²) in [5.41, 5.74) is 4.35. The average molecular weight is 279 g/mol. The first-order chi connectivity index (χ1) is 10.3. The maximum Gasteiger partial charge on any atom is 0.181 e. The van der Waals surface area contributed by atoms with Crippen molar-refractivity contribution in [2.75, 3.05) is 5.43 Å². The molecule has 0 radical (unpaired) electrons. The summed E-state index contributed by atoms with van der Waals surface area (Å²) in [5, 5.41) is 2.16. The SMILES string of the molecule is CCCc1cc(NN)nc(-c2nccc3ccccc23)n1. The summed E-state index contributed by atoms with van der Waals surface area (Å²) in [5.74, 6) is 6.73. The lowest BCUT2D eigenvalue weighted by Gasteiger charge is -2.08. The van der Waals surface area contributed by atoms with Crippen molar-refractivity contribution in [2.45, 2.75) is 19.8 Å². The number of aromatic nitrogens is 3. The van der Waals surface area contributed by atoms with E-state index in [2.05, 4.69) is 33.4 Å². The van der Waals surface area contributed by atoms with Crippen LogP contribution in [-0.4, -0.2) is 15.0 Å². The zero-order valence-corrected chi connectivity index (χ0v) is 11.9. The molecule has 0 saturated heterocycles. The van der Waals surface area contributed by atoms with Gasteiger partial charge in [-0.15, -0.1) is 0 Å². The standard InChI is InChI=1S/C16H17N5/c1-2-5-12-10-14(21-17)20-16(19-12)15-13-7-4-3-6-11(13)8-9-18-15/h3-4,6-10H,2,5,17H2,1H3,(H,19,20,21). The molecular formula is C16H17N5. The molecule has 0 atom stereocenters. The van der Waals surface area contributed by atoms with E-state index in [1.807, 2.05) is 30.3 Å². The number of anilines is 1. The first-order valence-electron chi connectivity index (χ1n) is 7.00. The fraction of sp³-hybridized carbons (Fsp3) is 0.188. The summed E-state index contributed by atoms with van der Waals surface area (Å²) in [4.78, 5) is 13.5. The van der Waals surface area contributed by atoms with Crippen molar-refractivity contribution in [3.63, 3.8) is 0 Å². The van der Waals surface area contributed by atoms with E-state index in [1.165, 1.54) is 0 Å². The molecule has 2 aromatic heterocycles. The summed E-state index contributed by atoms with van der Waals surface area (Å²) in [6.07, 6.45) is 3.68. The maximum atomic E-state index is 5.51. The van der Waals surface area contributed by atoms with Crippen LogP contribution in [0, 0.1) is 0 Å². The van der Waals surface area contributed by atoms with E-state index >= 15 is 0 Å². The number of hydrazine groups is 1. The van der Waals surface area contributed by atoms with E-state index in [0.29, 0.717) is 11.6 Å². The summed E-state index contributed by atoms with van der Waals surface area (Å²) in [6.45, 7) is 2.12. The molecule has 0 fully saturated rings. The van der Waals surface area contributed by atoms with Gasteiger partial charge in [-0.05, 0) is 17.9 Å². The number of hydrogen-bond donors (Lipinski definition) is 2. The summed E-state index contributed by atoms with van der Waals surface area (Å²) < 4.78 is 0. The zero-order valence-electron chi connectivity index (χ0n) is 11.9.